The van der Waals surface area contributed by atoms with Gasteiger partial charge in [-0.3, -0.25) is 9.78 Å². The van der Waals surface area contributed by atoms with Gasteiger partial charge in [0.1, 0.15) is 0 Å². The third-order valence-corrected chi connectivity index (χ3v) is 3.72. The van der Waals surface area contributed by atoms with Crippen LogP contribution in [-0.4, -0.2) is 29.6 Å². The van der Waals surface area contributed by atoms with E-state index in [0.717, 1.165) is 25.0 Å². The van der Waals surface area contributed by atoms with Crippen LogP contribution < -0.4 is 15.8 Å². The van der Waals surface area contributed by atoms with Crippen molar-refractivity contribution in [1.29, 1.82) is 0 Å². The lowest BCUT2D eigenvalue weighted by Gasteiger charge is -2.32. The first-order valence-corrected chi connectivity index (χ1v) is 7.03. The number of rotatable bonds is 4. The zero-order valence-corrected chi connectivity index (χ0v) is 11.9. The van der Waals surface area contributed by atoms with E-state index in [2.05, 4.69) is 15.0 Å². The first-order valence-electron chi connectivity index (χ1n) is 7.03. The predicted molar refractivity (Wildman–Crippen MR) is 78.9 cm³/mol. The lowest BCUT2D eigenvalue weighted by Crippen LogP contribution is -2.50. The van der Waals surface area contributed by atoms with Crippen molar-refractivity contribution in [3.8, 4) is 5.75 Å². The fourth-order valence-corrected chi connectivity index (χ4v) is 2.49. The van der Waals surface area contributed by atoms with Crippen LogP contribution in [-0.2, 0) is 0 Å². The van der Waals surface area contributed by atoms with Crippen molar-refractivity contribution in [2.24, 2.45) is 5.73 Å². The summed E-state index contributed by atoms with van der Waals surface area (Å²) in [4.78, 5) is 16.1. The van der Waals surface area contributed by atoms with E-state index in [9.17, 15) is 18.0 Å². The molecule has 2 aromatic rings. The fraction of sp³-hybridized carbons (Fsp3) is 0.333. The first kappa shape index (κ1) is 15.5. The van der Waals surface area contributed by atoms with E-state index in [1.165, 1.54) is 12.3 Å². The molecule has 1 amide bonds. The summed E-state index contributed by atoms with van der Waals surface area (Å²) in [5.41, 5.74) is 6.17. The molecule has 124 valence electrons. The molecule has 0 atom stereocenters. The Morgan fingerprint density at radius 2 is 2.13 bits per heavy atom. The number of ether oxygens (including phenoxy) is 1. The van der Waals surface area contributed by atoms with Crippen LogP contribution in [0.3, 0.4) is 0 Å². The Morgan fingerprint density at radius 1 is 1.39 bits per heavy atom. The molecule has 0 saturated heterocycles. The van der Waals surface area contributed by atoms with E-state index in [-0.39, 0.29) is 30.5 Å². The van der Waals surface area contributed by atoms with Crippen molar-refractivity contribution in [2.75, 3.05) is 0 Å². The van der Waals surface area contributed by atoms with Gasteiger partial charge in [-0.15, -0.1) is 0 Å². The predicted octanol–water partition coefficient (Wildman–Crippen LogP) is 2.44. The lowest BCUT2D eigenvalue weighted by molar-refractivity contribution is -0.0520. The van der Waals surface area contributed by atoms with Crippen LogP contribution in [0.4, 0.5) is 13.2 Å². The molecule has 0 spiro atoms. The van der Waals surface area contributed by atoms with Gasteiger partial charge in [0.15, 0.2) is 11.6 Å². The highest BCUT2D eigenvalue weighted by Crippen LogP contribution is 2.26. The van der Waals surface area contributed by atoms with E-state index in [1.807, 2.05) is 0 Å². The molecule has 1 saturated carbocycles. The normalized spacial score (nSPS) is 20.4. The minimum Gasteiger partial charge on any atom is -0.432 e. The number of benzene rings is 1. The quantitative estimate of drug-likeness (QED) is 0.904. The highest BCUT2D eigenvalue weighted by molar-refractivity contribution is 5.97. The summed E-state index contributed by atoms with van der Waals surface area (Å²) in [7, 11) is 0. The van der Waals surface area contributed by atoms with Gasteiger partial charge in [-0.2, -0.15) is 8.78 Å². The zero-order valence-electron chi connectivity index (χ0n) is 11.9. The number of carbonyl (C=O) groups is 1. The first-order chi connectivity index (χ1) is 10.9. The molecule has 1 fully saturated rings. The molecule has 0 bridgehead atoms. The van der Waals surface area contributed by atoms with Gasteiger partial charge in [0.2, 0.25) is 0 Å². The standard InChI is InChI=1S/C15H14F3N3O2.H2/c16-11-2-7-1-8(14(22)21-10-3-9(19)4-10)6-20-12(7)5-13(11)23-15(17)18;/h1-2,5-6,9-10,15H,3-4,19H2,(H,21,22);1H. The van der Waals surface area contributed by atoms with E-state index < -0.39 is 18.2 Å². The highest BCUT2D eigenvalue weighted by atomic mass is 19.3. The maximum atomic E-state index is 13.7. The van der Waals surface area contributed by atoms with Crippen molar-refractivity contribution in [1.82, 2.24) is 10.3 Å². The molecule has 3 N–H and O–H groups in total. The average Bonchev–Trinajstić information content (AvgIpc) is 2.45. The van der Waals surface area contributed by atoms with E-state index in [4.69, 9.17) is 5.73 Å². The highest BCUT2D eigenvalue weighted by Gasteiger charge is 2.27. The van der Waals surface area contributed by atoms with Crippen molar-refractivity contribution in [3.63, 3.8) is 0 Å². The molecule has 3 rings (SSSR count). The van der Waals surface area contributed by atoms with Gasteiger partial charge in [0.25, 0.3) is 5.91 Å². The van der Waals surface area contributed by atoms with Crippen LogP contribution in [0, 0.1) is 5.82 Å². The van der Waals surface area contributed by atoms with E-state index >= 15 is 0 Å². The SMILES string of the molecule is NC1CC(NC(=O)c2cnc3cc(OC(F)F)c(F)cc3c2)C1.[HH]. The number of nitrogens with one attached hydrogen (secondary N) is 1. The van der Waals surface area contributed by atoms with Gasteiger partial charge in [0.05, 0.1) is 11.1 Å². The van der Waals surface area contributed by atoms with Crippen LogP contribution in [0.1, 0.15) is 24.6 Å². The number of hydrogen-bond acceptors (Lipinski definition) is 4. The van der Waals surface area contributed by atoms with Crippen molar-refractivity contribution >= 4 is 16.8 Å². The number of pyridine rings is 1. The number of fused-ring (bicyclic) bond motifs is 1. The summed E-state index contributed by atoms with van der Waals surface area (Å²) in [5, 5.41) is 3.12. The number of amides is 1. The number of hydrogen-bond donors (Lipinski definition) is 2. The fourth-order valence-electron chi connectivity index (χ4n) is 2.49. The number of nitrogens with zero attached hydrogens (tertiary/aromatic N) is 1. The van der Waals surface area contributed by atoms with Crippen LogP contribution in [0.5, 0.6) is 5.75 Å². The van der Waals surface area contributed by atoms with Crippen LogP contribution >= 0.6 is 0 Å². The number of halogens is 3. The third-order valence-electron chi connectivity index (χ3n) is 3.72. The number of alkyl halides is 2. The molecular weight excluding hydrogens is 311 g/mol. The Hall–Kier alpha value is -2.35. The Balaban J connectivity index is 0.00000208. The molecule has 0 unspecified atom stereocenters. The molecule has 1 aliphatic carbocycles. The minimum absolute atomic E-state index is 0. The largest absolute Gasteiger partial charge is 0.432 e. The Morgan fingerprint density at radius 3 is 2.78 bits per heavy atom. The second kappa shape index (κ2) is 6.04. The lowest BCUT2D eigenvalue weighted by atomic mass is 9.87. The van der Waals surface area contributed by atoms with E-state index in [1.54, 1.807) is 0 Å². The average molecular weight is 327 g/mol. The molecule has 5 nitrogen and oxygen atoms in total. The molecule has 1 aromatic heterocycles. The Bertz CT molecular complexity index is 754. The van der Waals surface area contributed by atoms with Crippen molar-refractivity contribution in [3.05, 3.63) is 35.8 Å². The minimum atomic E-state index is -3.12. The summed E-state index contributed by atoms with van der Waals surface area (Å²) in [6.07, 6.45) is 2.74. The molecular formula is C15H16F3N3O2. The Kier molecular flexibility index (Phi) is 4.08. The Labute approximate surface area is 131 Å². The number of aromatic nitrogens is 1. The van der Waals surface area contributed by atoms with Crippen LogP contribution in [0.2, 0.25) is 0 Å². The second-order valence-corrected chi connectivity index (χ2v) is 5.48. The molecule has 8 heteroatoms. The summed E-state index contributed by atoms with van der Waals surface area (Å²) in [6.45, 7) is -3.12. The van der Waals surface area contributed by atoms with Crippen molar-refractivity contribution < 1.29 is 24.1 Å². The van der Waals surface area contributed by atoms with Gasteiger partial charge in [0, 0.05) is 31.2 Å². The maximum Gasteiger partial charge on any atom is 0.387 e. The van der Waals surface area contributed by atoms with Gasteiger partial charge in [-0.25, -0.2) is 4.39 Å². The van der Waals surface area contributed by atoms with E-state index in [0.29, 0.717) is 5.39 Å². The maximum absolute atomic E-state index is 13.7. The third kappa shape index (κ3) is 3.37. The number of nitrogens with two attached hydrogens (primary N) is 1. The van der Waals surface area contributed by atoms with Crippen molar-refractivity contribution in [2.45, 2.75) is 31.5 Å². The summed E-state index contributed by atoms with van der Waals surface area (Å²) >= 11 is 0. The zero-order chi connectivity index (χ0) is 16.6. The van der Waals surface area contributed by atoms with Crippen LogP contribution in [0.25, 0.3) is 10.9 Å². The molecule has 1 aliphatic rings. The number of carbonyl (C=O) groups excluding carboxylic acids is 1. The van der Waals surface area contributed by atoms with Gasteiger partial charge >= 0.3 is 6.61 Å². The smallest absolute Gasteiger partial charge is 0.387 e. The van der Waals surface area contributed by atoms with Gasteiger partial charge in [-0.1, -0.05) is 0 Å². The van der Waals surface area contributed by atoms with Gasteiger partial charge in [-0.05, 0) is 25.0 Å². The molecule has 1 aromatic carbocycles. The second-order valence-electron chi connectivity index (χ2n) is 5.48. The molecule has 0 aliphatic heterocycles. The summed E-state index contributed by atoms with van der Waals surface area (Å²) in [5.74, 6) is -1.85. The van der Waals surface area contributed by atoms with Gasteiger partial charge < -0.3 is 15.8 Å². The molecule has 0 radical (unpaired) electrons. The molecule has 23 heavy (non-hydrogen) atoms. The topological polar surface area (TPSA) is 77.2 Å². The monoisotopic (exact) mass is 327 g/mol. The summed E-state index contributed by atoms with van der Waals surface area (Å²) < 4.78 is 42.2. The molecule has 1 heterocycles. The summed E-state index contributed by atoms with van der Waals surface area (Å²) in [6, 6.07) is 3.68. The van der Waals surface area contributed by atoms with Crippen LogP contribution in [0.15, 0.2) is 24.4 Å².